The van der Waals surface area contributed by atoms with Gasteiger partial charge in [0.15, 0.2) is 0 Å². The Hall–Kier alpha value is -2.18. The normalized spacial score (nSPS) is 18.2. The fourth-order valence-corrected chi connectivity index (χ4v) is 2.39. The molecule has 0 radical (unpaired) electrons. The van der Waals surface area contributed by atoms with Gasteiger partial charge < -0.3 is 16.2 Å². The zero-order valence-corrected chi connectivity index (χ0v) is 11.2. The average Bonchev–Trinajstić information content (AvgIpc) is 2.38. The lowest BCUT2D eigenvalue weighted by atomic mass is 9.86. The lowest BCUT2D eigenvalue weighted by Crippen LogP contribution is -2.32. The molecule has 1 fully saturated rings. The summed E-state index contributed by atoms with van der Waals surface area (Å²) in [6.07, 6.45) is -0.477. The molecule has 1 aliphatic rings. The molecule has 1 aromatic carbocycles. The summed E-state index contributed by atoms with van der Waals surface area (Å²) in [5.74, 6) is -4.88. The molecule has 5 nitrogen and oxygen atoms in total. The molecule has 0 spiro atoms. The summed E-state index contributed by atoms with van der Waals surface area (Å²) in [6.45, 7) is 0. The van der Waals surface area contributed by atoms with E-state index in [-0.39, 0.29) is 36.9 Å². The highest BCUT2D eigenvalue weighted by Crippen LogP contribution is 2.36. The van der Waals surface area contributed by atoms with Crippen LogP contribution in [0.15, 0.2) is 18.2 Å². The molecule has 0 atom stereocenters. The zero-order chi connectivity index (χ0) is 15.6. The van der Waals surface area contributed by atoms with E-state index in [0.29, 0.717) is 5.69 Å². The molecular formula is C14H16F2N2O3. The maximum Gasteiger partial charge on any atom is 0.337 e. The Bertz CT molecular complexity index is 565. The number of halogens is 2. The van der Waals surface area contributed by atoms with E-state index in [2.05, 4.69) is 5.32 Å². The maximum absolute atomic E-state index is 13.1. The van der Waals surface area contributed by atoms with E-state index < -0.39 is 23.7 Å². The van der Waals surface area contributed by atoms with Crippen LogP contribution >= 0.6 is 0 Å². The Morgan fingerprint density at radius 3 is 2.48 bits per heavy atom. The third kappa shape index (κ3) is 3.68. The van der Waals surface area contributed by atoms with Crippen molar-refractivity contribution in [3.63, 3.8) is 0 Å². The monoisotopic (exact) mass is 298 g/mol. The van der Waals surface area contributed by atoms with E-state index in [9.17, 15) is 18.4 Å². The molecule has 1 aliphatic carbocycles. The van der Waals surface area contributed by atoms with Crippen LogP contribution in [0.2, 0.25) is 0 Å². The number of aromatic carboxylic acids is 1. The number of amides is 1. The van der Waals surface area contributed by atoms with Gasteiger partial charge in [-0.3, -0.25) is 4.79 Å². The number of alkyl halides is 2. The van der Waals surface area contributed by atoms with E-state index in [0.717, 1.165) is 0 Å². The van der Waals surface area contributed by atoms with Gasteiger partial charge in [-0.05, 0) is 31.0 Å². The lowest BCUT2D eigenvalue weighted by molar-refractivity contribution is -0.124. The van der Waals surface area contributed by atoms with Crippen LogP contribution in [-0.4, -0.2) is 22.9 Å². The number of carboxylic acid groups (broad SMARTS) is 1. The number of hydrogen-bond donors (Lipinski definition) is 3. The molecule has 0 saturated heterocycles. The number of benzene rings is 1. The van der Waals surface area contributed by atoms with Crippen LogP contribution in [0.5, 0.6) is 0 Å². The topological polar surface area (TPSA) is 92.4 Å². The first kappa shape index (κ1) is 15.2. The average molecular weight is 298 g/mol. The molecule has 7 heteroatoms. The van der Waals surface area contributed by atoms with E-state index in [1.165, 1.54) is 18.2 Å². The van der Waals surface area contributed by atoms with Gasteiger partial charge >= 0.3 is 5.97 Å². The van der Waals surface area contributed by atoms with E-state index in [1.54, 1.807) is 0 Å². The van der Waals surface area contributed by atoms with Crippen molar-refractivity contribution in [2.45, 2.75) is 31.6 Å². The minimum atomic E-state index is -2.71. The highest BCUT2D eigenvalue weighted by molar-refractivity contribution is 6.01. The summed E-state index contributed by atoms with van der Waals surface area (Å²) >= 11 is 0. The largest absolute Gasteiger partial charge is 0.478 e. The predicted molar refractivity (Wildman–Crippen MR) is 73.3 cm³/mol. The molecular weight excluding hydrogens is 282 g/mol. The molecule has 1 saturated carbocycles. The zero-order valence-electron chi connectivity index (χ0n) is 11.2. The van der Waals surface area contributed by atoms with Crippen LogP contribution in [0.3, 0.4) is 0 Å². The molecule has 0 heterocycles. The summed E-state index contributed by atoms with van der Waals surface area (Å²) in [4.78, 5) is 23.2. The van der Waals surface area contributed by atoms with Gasteiger partial charge in [-0.25, -0.2) is 13.6 Å². The molecule has 4 N–H and O–H groups in total. The molecule has 0 aliphatic heterocycles. The van der Waals surface area contributed by atoms with Crippen LogP contribution in [0.25, 0.3) is 0 Å². The summed E-state index contributed by atoms with van der Waals surface area (Å²) < 4.78 is 26.1. The van der Waals surface area contributed by atoms with Crippen molar-refractivity contribution in [1.82, 2.24) is 0 Å². The number of carbonyl (C=O) groups excluding carboxylic acids is 1. The lowest BCUT2D eigenvalue weighted by Gasteiger charge is -2.27. The van der Waals surface area contributed by atoms with Crippen molar-refractivity contribution in [2.24, 2.45) is 5.92 Å². The Labute approximate surface area is 120 Å². The predicted octanol–water partition coefficient (Wildman–Crippen LogP) is 2.73. The van der Waals surface area contributed by atoms with Gasteiger partial charge in [0.25, 0.3) is 0 Å². The molecule has 21 heavy (non-hydrogen) atoms. The van der Waals surface area contributed by atoms with E-state index in [1.807, 2.05) is 0 Å². The second-order valence-corrected chi connectivity index (χ2v) is 5.23. The molecule has 114 valence electrons. The van der Waals surface area contributed by atoms with Crippen molar-refractivity contribution in [3.8, 4) is 0 Å². The van der Waals surface area contributed by atoms with Gasteiger partial charge in [-0.1, -0.05) is 0 Å². The summed E-state index contributed by atoms with van der Waals surface area (Å²) in [5.41, 5.74) is 5.89. The number of carboxylic acids is 1. The fourth-order valence-electron chi connectivity index (χ4n) is 2.39. The molecule has 0 bridgehead atoms. The van der Waals surface area contributed by atoms with Gasteiger partial charge in [0, 0.05) is 24.4 Å². The SMILES string of the molecule is Nc1ccc(C(=O)O)c(NC(=O)C2CCC(F)(F)CC2)c1. The Morgan fingerprint density at radius 2 is 1.90 bits per heavy atom. The van der Waals surface area contributed by atoms with Crippen LogP contribution < -0.4 is 11.1 Å². The number of nitrogen functional groups attached to an aromatic ring is 1. The first-order valence-electron chi connectivity index (χ1n) is 6.60. The quantitative estimate of drug-likeness (QED) is 0.748. The number of anilines is 2. The third-order valence-electron chi connectivity index (χ3n) is 3.62. The molecule has 1 amide bonds. The number of nitrogens with two attached hydrogens (primary N) is 1. The number of carbonyl (C=O) groups is 2. The van der Waals surface area contributed by atoms with Crippen LogP contribution in [0, 0.1) is 5.92 Å². The maximum atomic E-state index is 13.1. The number of rotatable bonds is 3. The van der Waals surface area contributed by atoms with Gasteiger partial charge in [-0.2, -0.15) is 0 Å². The standard InChI is InChI=1S/C14H16F2N2O3/c15-14(16)5-3-8(4-6-14)12(19)18-11-7-9(17)1-2-10(11)13(20)21/h1-2,7-8H,3-6,17H2,(H,18,19)(H,20,21). The second kappa shape index (κ2) is 5.67. The second-order valence-electron chi connectivity index (χ2n) is 5.23. The molecule has 0 unspecified atom stereocenters. The molecule has 2 rings (SSSR count). The van der Waals surface area contributed by atoms with Crippen molar-refractivity contribution in [1.29, 1.82) is 0 Å². The molecule has 1 aromatic rings. The first-order valence-corrected chi connectivity index (χ1v) is 6.60. The van der Waals surface area contributed by atoms with Crippen LogP contribution in [0.1, 0.15) is 36.0 Å². The highest BCUT2D eigenvalue weighted by atomic mass is 19.3. The smallest absolute Gasteiger partial charge is 0.337 e. The minimum Gasteiger partial charge on any atom is -0.478 e. The Kier molecular flexibility index (Phi) is 4.11. The summed E-state index contributed by atoms with van der Waals surface area (Å²) in [7, 11) is 0. The molecule has 0 aromatic heterocycles. The summed E-state index contributed by atoms with van der Waals surface area (Å²) in [6, 6.07) is 4.06. The number of nitrogens with one attached hydrogen (secondary N) is 1. The van der Waals surface area contributed by atoms with Gasteiger partial charge in [-0.15, -0.1) is 0 Å². The number of hydrogen-bond acceptors (Lipinski definition) is 3. The Morgan fingerprint density at radius 1 is 1.29 bits per heavy atom. The minimum absolute atomic E-state index is 0.0845. The van der Waals surface area contributed by atoms with E-state index in [4.69, 9.17) is 10.8 Å². The first-order chi connectivity index (χ1) is 9.78. The van der Waals surface area contributed by atoms with Crippen molar-refractivity contribution < 1.29 is 23.5 Å². The van der Waals surface area contributed by atoms with Crippen molar-refractivity contribution in [2.75, 3.05) is 11.1 Å². The van der Waals surface area contributed by atoms with Gasteiger partial charge in [0.2, 0.25) is 11.8 Å². The van der Waals surface area contributed by atoms with Crippen molar-refractivity contribution in [3.05, 3.63) is 23.8 Å². The Balaban J connectivity index is 2.10. The third-order valence-corrected chi connectivity index (χ3v) is 3.62. The van der Waals surface area contributed by atoms with Crippen LogP contribution in [0.4, 0.5) is 20.2 Å². The van der Waals surface area contributed by atoms with Gasteiger partial charge in [0.1, 0.15) is 0 Å². The van der Waals surface area contributed by atoms with Crippen LogP contribution in [-0.2, 0) is 4.79 Å². The van der Waals surface area contributed by atoms with E-state index >= 15 is 0 Å². The fraction of sp³-hybridized carbons (Fsp3) is 0.429. The highest BCUT2D eigenvalue weighted by Gasteiger charge is 2.37. The summed E-state index contributed by atoms with van der Waals surface area (Å²) in [5, 5.41) is 11.5. The van der Waals surface area contributed by atoms with Gasteiger partial charge in [0.05, 0.1) is 11.3 Å². The van der Waals surface area contributed by atoms with Crippen molar-refractivity contribution >= 4 is 23.3 Å².